The van der Waals surface area contributed by atoms with Crippen LogP contribution in [0.5, 0.6) is 0 Å². The number of benzene rings is 1. The van der Waals surface area contributed by atoms with Gasteiger partial charge in [0, 0.05) is 31.5 Å². The van der Waals surface area contributed by atoms with E-state index in [0.717, 1.165) is 29.1 Å². The number of pyridine rings is 1. The summed E-state index contributed by atoms with van der Waals surface area (Å²) in [5.74, 6) is 0. The normalized spacial score (nSPS) is 11.0. The number of aromatic nitrogens is 1. The monoisotopic (exact) mass is 285 g/mol. The lowest BCUT2D eigenvalue weighted by atomic mass is 10.1. The molecule has 112 valence electrons. The predicted octanol–water partition coefficient (Wildman–Crippen LogP) is 2.28. The fourth-order valence-corrected chi connectivity index (χ4v) is 2.36. The number of nitrogen functional groups attached to an aromatic ring is 1. The fourth-order valence-electron chi connectivity index (χ4n) is 2.36. The highest BCUT2D eigenvalue weighted by Gasteiger charge is 2.11. The van der Waals surface area contributed by atoms with Gasteiger partial charge in [0.25, 0.3) is 0 Å². The number of aryl methyl sites for hydroxylation is 1. The van der Waals surface area contributed by atoms with Gasteiger partial charge in [-0.15, -0.1) is 0 Å². The molecular formula is C17H23N3O. The summed E-state index contributed by atoms with van der Waals surface area (Å²) in [6.07, 6.45) is 1.82. The van der Waals surface area contributed by atoms with Crippen LogP contribution in [0.25, 0.3) is 0 Å². The van der Waals surface area contributed by atoms with Crippen molar-refractivity contribution in [2.24, 2.45) is 0 Å². The van der Waals surface area contributed by atoms with Gasteiger partial charge in [0.2, 0.25) is 0 Å². The number of hydrogen-bond donors (Lipinski definition) is 2. The molecule has 0 fully saturated rings. The van der Waals surface area contributed by atoms with Gasteiger partial charge < -0.3 is 10.8 Å². The number of aliphatic hydroxyl groups is 1. The lowest BCUT2D eigenvalue weighted by molar-refractivity contribution is 0.182. The van der Waals surface area contributed by atoms with Gasteiger partial charge in [0.05, 0.1) is 12.3 Å². The van der Waals surface area contributed by atoms with Gasteiger partial charge in [-0.05, 0) is 30.5 Å². The van der Waals surface area contributed by atoms with Crippen molar-refractivity contribution in [3.63, 3.8) is 0 Å². The van der Waals surface area contributed by atoms with Crippen LogP contribution < -0.4 is 5.73 Å². The first-order valence-corrected chi connectivity index (χ1v) is 7.19. The standard InChI is InChI=1S/C17H23N3O/c1-13-10-19-16(14(2)17(13)18)12-20(8-9-21)11-15-6-4-3-5-7-15/h3-7,10,21H,8-9,11-12H2,1-2H3,(H2,18,19). The van der Waals surface area contributed by atoms with Crippen molar-refractivity contribution in [3.8, 4) is 0 Å². The van der Waals surface area contributed by atoms with Crippen LogP contribution in [0.4, 0.5) is 5.69 Å². The van der Waals surface area contributed by atoms with Crippen molar-refractivity contribution >= 4 is 5.69 Å². The van der Waals surface area contributed by atoms with Gasteiger partial charge in [-0.3, -0.25) is 9.88 Å². The van der Waals surface area contributed by atoms with Crippen LogP contribution in [0.3, 0.4) is 0 Å². The number of hydrogen-bond acceptors (Lipinski definition) is 4. The zero-order chi connectivity index (χ0) is 15.2. The van der Waals surface area contributed by atoms with Crippen LogP contribution in [0, 0.1) is 13.8 Å². The van der Waals surface area contributed by atoms with Gasteiger partial charge in [0.1, 0.15) is 0 Å². The molecule has 3 N–H and O–H groups in total. The van der Waals surface area contributed by atoms with E-state index >= 15 is 0 Å². The van der Waals surface area contributed by atoms with Gasteiger partial charge in [0.15, 0.2) is 0 Å². The lowest BCUT2D eigenvalue weighted by Crippen LogP contribution is -2.27. The van der Waals surface area contributed by atoms with E-state index in [2.05, 4.69) is 22.0 Å². The summed E-state index contributed by atoms with van der Waals surface area (Å²) in [5.41, 5.74) is 11.1. The Bertz CT molecular complexity index is 584. The molecule has 0 aliphatic carbocycles. The molecule has 0 radical (unpaired) electrons. The summed E-state index contributed by atoms with van der Waals surface area (Å²) in [6, 6.07) is 10.2. The van der Waals surface area contributed by atoms with E-state index in [1.807, 2.05) is 38.2 Å². The van der Waals surface area contributed by atoms with E-state index in [9.17, 15) is 5.11 Å². The molecule has 4 heteroatoms. The van der Waals surface area contributed by atoms with Crippen molar-refractivity contribution in [3.05, 3.63) is 58.9 Å². The number of rotatable bonds is 6. The number of anilines is 1. The molecular weight excluding hydrogens is 262 g/mol. The van der Waals surface area contributed by atoms with Crippen LogP contribution in [-0.4, -0.2) is 28.1 Å². The average molecular weight is 285 g/mol. The summed E-state index contributed by atoms with van der Waals surface area (Å²) in [7, 11) is 0. The minimum absolute atomic E-state index is 0.132. The van der Waals surface area contributed by atoms with Crippen LogP contribution in [0.2, 0.25) is 0 Å². The molecule has 4 nitrogen and oxygen atoms in total. The molecule has 0 amide bonds. The Morgan fingerprint density at radius 2 is 1.86 bits per heavy atom. The Hall–Kier alpha value is -1.91. The molecule has 0 saturated carbocycles. The van der Waals surface area contributed by atoms with E-state index in [1.165, 1.54) is 5.56 Å². The summed E-state index contributed by atoms with van der Waals surface area (Å²) >= 11 is 0. The topological polar surface area (TPSA) is 62.4 Å². The number of aliphatic hydroxyl groups excluding tert-OH is 1. The minimum atomic E-state index is 0.132. The first kappa shape index (κ1) is 15.5. The second kappa shape index (κ2) is 7.20. The maximum absolute atomic E-state index is 9.27. The third-order valence-electron chi connectivity index (χ3n) is 3.71. The highest BCUT2D eigenvalue weighted by atomic mass is 16.3. The Labute approximate surface area is 126 Å². The van der Waals surface area contributed by atoms with Gasteiger partial charge in [-0.2, -0.15) is 0 Å². The quantitative estimate of drug-likeness (QED) is 0.854. The molecule has 21 heavy (non-hydrogen) atoms. The van der Waals surface area contributed by atoms with Crippen molar-refractivity contribution < 1.29 is 5.11 Å². The van der Waals surface area contributed by atoms with Crippen molar-refractivity contribution in [2.75, 3.05) is 18.9 Å². The van der Waals surface area contributed by atoms with Crippen LogP contribution in [0.1, 0.15) is 22.4 Å². The molecule has 1 aromatic heterocycles. The second-order valence-corrected chi connectivity index (χ2v) is 5.35. The first-order chi connectivity index (χ1) is 10.1. The second-order valence-electron chi connectivity index (χ2n) is 5.35. The zero-order valence-corrected chi connectivity index (χ0v) is 12.7. The average Bonchev–Trinajstić information content (AvgIpc) is 2.49. The largest absolute Gasteiger partial charge is 0.398 e. The third-order valence-corrected chi connectivity index (χ3v) is 3.71. The molecule has 0 aliphatic heterocycles. The Balaban J connectivity index is 2.15. The highest BCUT2D eigenvalue weighted by Crippen LogP contribution is 2.19. The predicted molar refractivity (Wildman–Crippen MR) is 85.8 cm³/mol. The smallest absolute Gasteiger partial charge is 0.0593 e. The van der Waals surface area contributed by atoms with E-state index < -0.39 is 0 Å². The molecule has 0 unspecified atom stereocenters. The molecule has 1 aromatic carbocycles. The van der Waals surface area contributed by atoms with Crippen LogP contribution >= 0.6 is 0 Å². The van der Waals surface area contributed by atoms with E-state index in [0.29, 0.717) is 13.1 Å². The Kier molecular flexibility index (Phi) is 5.31. The number of nitrogens with zero attached hydrogens (tertiary/aromatic N) is 2. The Morgan fingerprint density at radius 3 is 2.52 bits per heavy atom. The molecule has 0 aliphatic rings. The minimum Gasteiger partial charge on any atom is -0.398 e. The SMILES string of the molecule is Cc1cnc(CN(CCO)Cc2ccccc2)c(C)c1N. The lowest BCUT2D eigenvalue weighted by Gasteiger charge is -2.22. The third kappa shape index (κ3) is 4.03. The molecule has 0 spiro atoms. The molecule has 2 rings (SSSR count). The van der Waals surface area contributed by atoms with Crippen molar-refractivity contribution in [2.45, 2.75) is 26.9 Å². The maximum Gasteiger partial charge on any atom is 0.0593 e. The van der Waals surface area contributed by atoms with E-state index in [-0.39, 0.29) is 6.61 Å². The van der Waals surface area contributed by atoms with E-state index in [1.54, 1.807) is 0 Å². The molecule has 1 heterocycles. The summed E-state index contributed by atoms with van der Waals surface area (Å²) in [4.78, 5) is 6.68. The fraction of sp³-hybridized carbons (Fsp3) is 0.353. The van der Waals surface area contributed by atoms with Crippen molar-refractivity contribution in [1.82, 2.24) is 9.88 Å². The van der Waals surface area contributed by atoms with Gasteiger partial charge >= 0.3 is 0 Å². The molecule has 0 bridgehead atoms. The maximum atomic E-state index is 9.27. The summed E-state index contributed by atoms with van der Waals surface area (Å²) in [5, 5.41) is 9.27. The number of nitrogens with two attached hydrogens (primary N) is 1. The Morgan fingerprint density at radius 1 is 1.14 bits per heavy atom. The van der Waals surface area contributed by atoms with Crippen molar-refractivity contribution in [1.29, 1.82) is 0 Å². The highest BCUT2D eigenvalue weighted by molar-refractivity contribution is 5.53. The van der Waals surface area contributed by atoms with Gasteiger partial charge in [-0.1, -0.05) is 30.3 Å². The van der Waals surface area contributed by atoms with E-state index in [4.69, 9.17) is 5.73 Å². The zero-order valence-electron chi connectivity index (χ0n) is 12.7. The molecule has 0 saturated heterocycles. The molecule has 2 aromatic rings. The van der Waals surface area contributed by atoms with Gasteiger partial charge in [-0.25, -0.2) is 0 Å². The van der Waals surface area contributed by atoms with Crippen LogP contribution in [-0.2, 0) is 13.1 Å². The summed E-state index contributed by atoms with van der Waals surface area (Å²) in [6.45, 7) is 6.19. The molecule has 0 atom stereocenters. The summed E-state index contributed by atoms with van der Waals surface area (Å²) < 4.78 is 0. The van der Waals surface area contributed by atoms with Crippen LogP contribution in [0.15, 0.2) is 36.5 Å². The first-order valence-electron chi connectivity index (χ1n) is 7.19.